The lowest BCUT2D eigenvalue weighted by Crippen LogP contribution is -2.01. The van der Waals surface area contributed by atoms with Gasteiger partial charge in [-0.3, -0.25) is 0 Å². The van der Waals surface area contributed by atoms with E-state index in [-0.39, 0.29) is 0 Å². The lowest BCUT2D eigenvalue weighted by Gasteiger charge is -2.14. The van der Waals surface area contributed by atoms with E-state index < -0.39 is 0 Å². The highest BCUT2D eigenvalue weighted by atomic mass is 15.0. The number of nitrogens with zero attached hydrogens (tertiary/aromatic N) is 4. The first-order valence-corrected chi connectivity index (χ1v) is 23.6. The molecule has 11 aromatic carbocycles. The molecule has 70 heavy (non-hydrogen) atoms. The van der Waals surface area contributed by atoms with Crippen LogP contribution in [0.15, 0.2) is 243 Å². The van der Waals surface area contributed by atoms with Crippen molar-refractivity contribution < 1.29 is 0 Å². The summed E-state index contributed by atoms with van der Waals surface area (Å²) < 4.78 is 0. The Bertz CT molecular complexity index is 4060. The first-order valence-electron chi connectivity index (χ1n) is 23.6. The third-order valence-corrected chi connectivity index (χ3v) is 13.7. The molecule has 0 fully saturated rings. The van der Waals surface area contributed by atoms with Gasteiger partial charge in [0.2, 0.25) is 0 Å². The van der Waals surface area contributed by atoms with Gasteiger partial charge in [-0.05, 0) is 124 Å². The predicted octanol–water partition coefficient (Wildman–Crippen LogP) is 17.0. The van der Waals surface area contributed by atoms with Crippen molar-refractivity contribution in [1.82, 2.24) is 15.0 Å². The molecule has 4 nitrogen and oxygen atoms in total. The molecule has 0 bridgehead atoms. The Morgan fingerprint density at radius 1 is 0.257 bits per heavy atom. The van der Waals surface area contributed by atoms with Crippen LogP contribution in [-0.2, 0) is 0 Å². The second kappa shape index (κ2) is 16.9. The molecule has 0 saturated carbocycles. The smallest absolute Gasteiger partial charge is 0.164 e. The maximum absolute atomic E-state index is 10.3. The van der Waals surface area contributed by atoms with Gasteiger partial charge in [-0.1, -0.05) is 212 Å². The van der Waals surface area contributed by atoms with Crippen LogP contribution in [-0.4, -0.2) is 15.0 Å². The van der Waals surface area contributed by atoms with Crippen LogP contribution in [0.5, 0.6) is 0 Å². The highest BCUT2D eigenvalue weighted by Crippen LogP contribution is 2.48. The third kappa shape index (κ3) is 7.13. The number of benzene rings is 11. The van der Waals surface area contributed by atoms with Gasteiger partial charge in [0.1, 0.15) is 0 Å². The Morgan fingerprint density at radius 3 is 1.47 bits per heavy atom. The summed E-state index contributed by atoms with van der Waals surface area (Å²) in [6, 6.07) is 87.5. The van der Waals surface area contributed by atoms with E-state index in [2.05, 4.69) is 200 Å². The molecule has 1 heterocycles. The molecule has 1 aliphatic carbocycles. The van der Waals surface area contributed by atoms with Crippen molar-refractivity contribution in [3.8, 4) is 118 Å². The average molecular weight is 889 g/mol. The molecular formula is C66H40N4. The Hall–Kier alpha value is -9.56. The molecule has 0 N–H and O–H groups in total. The lowest BCUT2D eigenvalue weighted by atomic mass is 9.92. The van der Waals surface area contributed by atoms with Gasteiger partial charge in [0.15, 0.2) is 17.5 Å². The van der Waals surface area contributed by atoms with Gasteiger partial charge in [0.25, 0.3) is 0 Å². The van der Waals surface area contributed by atoms with Crippen molar-refractivity contribution in [2.24, 2.45) is 0 Å². The van der Waals surface area contributed by atoms with E-state index in [1.54, 1.807) is 0 Å². The van der Waals surface area contributed by atoms with Gasteiger partial charge in [-0.15, -0.1) is 0 Å². The zero-order valence-electron chi connectivity index (χ0n) is 37.9. The fourth-order valence-corrected chi connectivity index (χ4v) is 10.3. The Morgan fingerprint density at radius 2 is 0.714 bits per heavy atom. The van der Waals surface area contributed by atoms with Crippen molar-refractivity contribution in [3.63, 3.8) is 0 Å². The second-order valence-corrected chi connectivity index (χ2v) is 17.8. The summed E-state index contributed by atoms with van der Waals surface area (Å²) in [6.45, 7) is 0. The Balaban J connectivity index is 0.832. The number of aromatic nitrogens is 3. The summed E-state index contributed by atoms with van der Waals surface area (Å²) in [5, 5.41) is 15.3. The largest absolute Gasteiger partial charge is 0.208 e. The zero-order chi connectivity index (χ0) is 46.5. The molecule has 4 heteroatoms. The van der Waals surface area contributed by atoms with Crippen LogP contribution in [0.25, 0.3) is 134 Å². The van der Waals surface area contributed by atoms with E-state index in [0.29, 0.717) is 23.0 Å². The molecule has 12 aromatic rings. The van der Waals surface area contributed by atoms with Gasteiger partial charge >= 0.3 is 0 Å². The summed E-state index contributed by atoms with van der Waals surface area (Å²) in [6.07, 6.45) is 0. The van der Waals surface area contributed by atoms with Crippen molar-refractivity contribution in [2.75, 3.05) is 0 Å². The van der Waals surface area contributed by atoms with Crippen LogP contribution in [0.2, 0.25) is 0 Å². The first kappa shape index (κ1) is 40.7. The predicted molar refractivity (Wildman–Crippen MR) is 287 cm³/mol. The Kier molecular flexibility index (Phi) is 9.85. The van der Waals surface area contributed by atoms with E-state index >= 15 is 0 Å². The summed E-state index contributed by atoms with van der Waals surface area (Å²) in [4.78, 5) is 15.5. The van der Waals surface area contributed by atoms with Gasteiger partial charge < -0.3 is 0 Å². The SMILES string of the molecule is N#Cc1ccc(-c2cccc(-c3cccc(-c4nc(-c5ccccc5)nc(-c5ccccc5-c5cccc6ccccc56)n4)c3)c2)cc1-c1ccc(-c2ccc3c(c2)-c2cccc4cccc-3c24)cc1. The molecular weight excluding hydrogens is 849 g/mol. The summed E-state index contributed by atoms with van der Waals surface area (Å²) in [5.74, 6) is 1.81. The van der Waals surface area contributed by atoms with E-state index in [1.807, 2.05) is 48.5 Å². The number of hydrogen-bond acceptors (Lipinski definition) is 4. The monoisotopic (exact) mass is 888 g/mol. The Labute approximate surface area is 406 Å². The standard InChI is InChI=1S/C66H40N4/c67-41-53-34-33-51(39-61(53)44-31-29-42(30-32-44)50-35-36-57-58-27-11-17-45-18-12-28-59(63(45)58)62(57)40-50)48-20-8-19-47(37-48)49-21-9-22-52(38-49)65-68-64(46-14-2-1-3-15-46)69-66(70-65)60-25-7-6-24-56(60)55-26-10-16-43-13-4-5-23-54(43)55/h1-40H. The molecule has 0 aliphatic heterocycles. The molecule has 0 spiro atoms. The fourth-order valence-electron chi connectivity index (χ4n) is 10.3. The zero-order valence-corrected chi connectivity index (χ0v) is 37.9. The molecule has 324 valence electrons. The minimum absolute atomic E-state index is 0.594. The van der Waals surface area contributed by atoms with Crippen LogP contribution in [0.3, 0.4) is 0 Å². The van der Waals surface area contributed by atoms with Gasteiger partial charge in [0, 0.05) is 22.3 Å². The van der Waals surface area contributed by atoms with Crippen molar-refractivity contribution in [1.29, 1.82) is 5.26 Å². The molecule has 0 saturated heterocycles. The van der Waals surface area contributed by atoms with Crippen LogP contribution in [0.4, 0.5) is 0 Å². The molecule has 0 unspecified atom stereocenters. The number of hydrogen-bond donors (Lipinski definition) is 0. The molecule has 13 rings (SSSR count). The van der Waals surface area contributed by atoms with E-state index in [9.17, 15) is 5.26 Å². The highest BCUT2D eigenvalue weighted by Gasteiger charge is 2.22. The van der Waals surface area contributed by atoms with Crippen molar-refractivity contribution in [2.45, 2.75) is 0 Å². The first-order chi connectivity index (χ1) is 34.6. The molecule has 0 radical (unpaired) electrons. The normalized spacial score (nSPS) is 11.4. The van der Waals surface area contributed by atoms with Crippen LogP contribution in [0.1, 0.15) is 5.56 Å². The van der Waals surface area contributed by atoms with Crippen LogP contribution < -0.4 is 0 Å². The van der Waals surface area contributed by atoms with Gasteiger partial charge in [-0.2, -0.15) is 5.26 Å². The van der Waals surface area contributed by atoms with Crippen LogP contribution >= 0.6 is 0 Å². The van der Waals surface area contributed by atoms with Crippen molar-refractivity contribution in [3.05, 3.63) is 248 Å². The molecule has 1 aliphatic rings. The lowest BCUT2D eigenvalue weighted by molar-refractivity contribution is 1.07. The third-order valence-electron chi connectivity index (χ3n) is 13.7. The quantitative estimate of drug-likeness (QED) is 0.152. The highest BCUT2D eigenvalue weighted by molar-refractivity contribution is 6.15. The van der Waals surface area contributed by atoms with E-state index in [1.165, 1.54) is 49.4 Å². The fraction of sp³-hybridized carbons (Fsp3) is 0. The van der Waals surface area contributed by atoms with Crippen LogP contribution in [0, 0.1) is 11.3 Å². The minimum atomic E-state index is 0.594. The van der Waals surface area contributed by atoms with E-state index in [0.717, 1.165) is 66.8 Å². The van der Waals surface area contributed by atoms with Gasteiger partial charge in [-0.25, -0.2) is 15.0 Å². The minimum Gasteiger partial charge on any atom is -0.208 e. The molecule has 0 amide bonds. The summed E-state index contributed by atoms with van der Waals surface area (Å²) >= 11 is 0. The average Bonchev–Trinajstić information content (AvgIpc) is 3.76. The summed E-state index contributed by atoms with van der Waals surface area (Å²) in [7, 11) is 0. The maximum Gasteiger partial charge on any atom is 0.164 e. The maximum atomic E-state index is 10.3. The molecule has 1 aromatic heterocycles. The number of nitriles is 1. The second-order valence-electron chi connectivity index (χ2n) is 17.8. The molecule has 0 atom stereocenters. The summed E-state index contributed by atoms with van der Waals surface area (Å²) in [5.41, 5.74) is 19.1. The topological polar surface area (TPSA) is 62.5 Å². The van der Waals surface area contributed by atoms with Gasteiger partial charge in [0.05, 0.1) is 11.6 Å². The van der Waals surface area contributed by atoms with E-state index in [4.69, 9.17) is 15.0 Å². The number of rotatable bonds is 8. The number of fused-ring (bicyclic) bond motifs is 4. The van der Waals surface area contributed by atoms with Crippen molar-refractivity contribution >= 4 is 21.5 Å².